The number of halogens is 2. The van der Waals surface area contributed by atoms with Crippen molar-refractivity contribution in [1.29, 1.82) is 0 Å². The summed E-state index contributed by atoms with van der Waals surface area (Å²) < 4.78 is 5.77. The van der Waals surface area contributed by atoms with Gasteiger partial charge in [0.1, 0.15) is 11.5 Å². The van der Waals surface area contributed by atoms with Crippen molar-refractivity contribution in [2.24, 2.45) is 0 Å². The molecule has 0 heterocycles. The average Bonchev–Trinajstić information content (AvgIpc) is 2.31. The summed E-state index contributed by atoms with van der Waals surface area (Å²) in [5.41, 5.74) is 1.08. The number of hydrogen-bond acceptors (Lipinski definition) is 1. The predicted molar refractivity (Wildman–Crippen MR) is 70.6 cm³/mol. The van der Waals surface area contributed by atoms with Crippen LogP contribution >= 0.6 is 27.5 Å². The van der Waals surface area contributed by atoms with Gasteiger partial charge in [0.05, 0.1) is 0 Å². The zero-order chi connectivity index (χ0) is 11.4. The van der Waals surface area contributed by atoms with Gasteiger partial charge in [-0.15, -0.1) is 0 Å². The van der Waals surface area contributed by atoms with Crippen LogP contribution in [0.15, 0.2) is 48.5 Å². The van der Waals surface area contributed by atoms with Crippen LogP contribution in [0.4, 0.5) is 0 Å². The summed E-state index contributed by atoms with van der Waals surface area (Å²) in [5.74, 6) is 1.60. The van der Waals surface area contributed by atoms with Crippen LogP contribution in [0, 0.1) is 0 Å². The Kier molecular flexibility index (Phi) is 3.86. The molecule has 82 valence electrons. The quantitative estimate of drug-likeness (QED) is 0.722. The maximum Gasteiger partial charge on any atom is 0.132 e. The Labute approximate surface area is 108 Å². The van der Waals surface area contributed by atoms with Gasteiger partial charge in [-0.05, 0) is 24.3 Å². The van der Waals surface area contributed by atoms with Crippen LogP contribution in [0.3, 0.4) is 0 Å². The van der Waals surface area contributed by atoms with Gasteiger partial charge in [-0.2, -0.15) is 0 Å². The Morgan fingerprint density at radius 1 is 1.06 bits per heavy atom. The molecule has 0 aliphatic rings. The third-order valence-corrected chi connectivity index (χ3v) is 2.98. The second-order valence-electron chi connectivity index (χ2n) is 3.30. The van der Waals surface area contributed by atoms with E-state index in [1.165, 1.54) is 0 Å². The van der Waals surface area contributed by atoms with Crippen molar-refractivity contribution in [2.45, 2.75) is 5.33 Å². The van der Waals surface area contributed by atoms with Crippen LogP contribution < -0.4 is 4.74 Å². The maximum atomic E-state index is 5.94. The highest BCUT2D eigenvalue weighted by atomic mass is 79.9. The van der Waals surface area contributed by atoms with Crippen molar-refractivity contribution in [3.8, 4) is 11.5 Å². The van der Waals surface area contributed by atoms with Crippen molar-refractivity contribution in [3.63, 3.8) is 0 Å². The molecule has 2 aromatic carbocycles. The highest BCUT2D eigenvalue weighted by Crippen LogP contribution is 2.29. The van der Waals surface area contributed by atoms with Gasteiger partial charge in [-0.3, -0.25) is 0 Å². The van der Waals surface area contributed by atoms with E-state index < -0.39 is 0 Å². The molecule has 0 unspecified atom stereocenters. The zero-order valence-electron chi connectivity index (χ0n) is 8.49. The third kappa shape index (κ3) is 2.77. The largest absolute Gasteiger partial charge is 0.457 e. The summed E-state index contributed by atoms with van der Waals surface area (Å²) >= 11 is 9.37. The molecule has 0 N–H and O–H groups in total. The molecule has 0 saturated heterocycles. The first kappa shape index (κ1) is 11.5. The van der Waals surface area contributed by atoms with E-state index in [2.05, 4.69) is 15.9 Å². The fraction of sp³-hybridized carbons (Fsp3) is 0.0769. The van der Waals surface area contributed by atoms with Crippen molar-refractivity contribution in [1.82, 2.24) is 0 Å². The van der Waals surface area contributed by atoms with Crippen LogP contribution in [0.25, 0.3) is 0 Å². The number of rotatable bonds is 3. The standard InChI is InChI=1S/C13H10BrClO/c14-9-10-6-7-11(15)8-13(10)16-12-4-2-1-3-5-12/h1-8H,9H2. The summed E-state index contributed by atoms with van der Waals surface area (Å²) in [5, 5.41) is 1.42. The fourth-order valence-corrected chi connectivity index (χ4v) is 1.97. The molecule has 0 aromatic heterocycles. The van der Waals surface area contributed by atoms with Gasteiger partial charge < -0.3 is 4.74 Å². The van der Waals surface area contributed by atoms with E-state index in [0.29, 0.717) is 5.02 Å². The first-order chi connectivity index (χ1) is 7.79. The lowest BCUT2D eigenvalue weighted by atomic mass is 10.2. The summed E-state index contributed by atoms with van der Waals surface area (Å²) in [7, 11) is 0. The number of hydrogen-bond donors (Lipinski definition) is 0. The number of para-hydroxylation sites is 1. The fourth-order valence-electron chi connectivity index (χ4n) is 1.35. The highest BCUT2D eigenvalue weighted by molar-refractivity contribution is 9.08. The smallest absolute Gasteiger partial charge is 0.132 e. The molecular formula is C13H10BrClO. The molecule has 0 aliphatic carbocycles. The topological polar surface area (TPSA) is 9.23 Å². The summed E-state index contributed by atoms with van der Waals surface area (Å²) in [4.78, 5) is 0. The minimum absolute atomic E-state index is 0.677. The predicted octanol–water partition coefficient (Wildman–Crippen LogP) is 5.03. The van der Waals surface area contributed by atoms with Gasteiger partial charge in [0.2, 0.25) is 0 Å². The van der Waals surface area contributed by atoms with E-state index in [9.17, 15) is 0 Å². The molecule has 1 nitrogen and oxygen atoms in total. The zero-order valence-corrected chi connectivity index (χ0v) is 10.8. The molecule has 0 saturated carbocycles. The first-order valence-corrected chi connectivity index (χ1v) is 6.37. The Morgan fingerprint density at radius 2 is 1.81 bits per heavy atom. The highest BCUT2D eigenvalue weighted by Gasteiger charge is 2.04. The SMILES string of the molecule is Clc1ccc(CBr)c(Oc2ccccc2)c1. The lowest BCUT2D eigenvalue weighted by molar-refractivity contribution is 0.478. The van der Waals surface area contributed by atoms with Gasteiger partial charge in [0.15, 0.2) is 0 Å². The van der Waals surface area contributed by atoms with E-state index in [0.717, 1.165) is 22.4 Å². The van der Waals surface area contributed by atoms with Crippen molar-refractivity contribution in [3.05, 3.63) is 59.1 Å². The Balaban J connectivity index is 2.30. The molecule has 0 aliphatic heterocycles. The lowest BCUT2D eigenvalue weighted by Gasteiger charge is -2.09. The van der Waals surface area contributed by atoms with Crippen LogP contribution in [-0.4, -0.2) is 0 Å². The van der Waals surface area contributed by atoms with E-state index in [4.69, 9.17) is 16.3 Å². The van der Waals surface area contributed by atoms with Gasteiger partial charge in [-0.25, -0.2) is 0 Å². The molecule has 2 rings (SSSR count). The summed E-state index contributed by atoms with van der Waals surface area (Å²) in [6, 6.07) is 15.3. The Bertz CT molecular complexity index is 471. The number of benzene rings is 2. The lowest BCUT2D eigenvalue weighted by Crippen LogP contribution is -1.89. The molecule has 0 radical (unpaired) electrons. The summed E-state index contributed by atoms with van der Waals surface area (Å²) in [6.45, 7) is 0. The molecule has 0 bridgehead atoms. The van der Waals surface area contributed by atoms with Crippen LogP contribution in [-0.2, 0) is 5.33 Å². The second kappa shape index (κ2) is 5.37. The van der Waals surface area contributed by atoms with Gasteiger partial charge in [0.25, 0.3) is 0 Å². The minimum atomic E-state index is 0.677. The third-order valence-electron chi connectivity index (χ3n) is 2.14. The van der Waals surface area contributed by atoms with Crippen LogP contribution in [0.1, 0.15) is 5.56 Å². The monoisotopic (exact) mass is 296 g/mol. The Morgan fingerprint density at radius 3 is 2.50 bits per heavy atom. The number of alkyl halides is 1. The van der Waals surface area contributed by atoms with E-state index in [1.54, 1.807) is 0 Å². The van der Waals surface area contributed by atoms with Crippen LogP contribution in [0.5, 0.6) is 11.5 Å². The second-order valence-corrected chi connectivity index (χ2v) is 4.30. The van der Waals surface area contributed by atoms with Gasteiger partial charge >= 0.3 is 0 Å². The average molecular weight is 298 g/mol. The number of ether oxygens (including phenoxy) is 1. The molecular weight excluding hydrogens is 287 g/mol. The first-order valence-electron chi connectivity index (χ1n) is 4.87. The van der Waals surface area contributed by atoms with Crippen molar-refractivity contribution in [2.75, 3.05) is 0 Å². The maximum absolute atomic E-state index is 5.94. The normalized spacial score (nSPS) is 10.1. The molecule has 16 heavy (non-hydrogen) atoms. The van der Waals surface area contributed by atoms with Crippen LogP contribution in [0.2, 0.25) is 5.02 Å². The Hall–Kier alpha value is -0.990. The van der Waals surface area contributed by atoms with Crippen molar-refractivity contribution < 1.29 is 4.74 Å². The molecule has 0 atom stereocenters. The molecule has 3 heteroatoms. The molecule has 0 fully saturated rings. The summed E-state index contributed by atoms with van der Waals surface area (Å²) in [6.07, 6.45) is 0. The van der Waals surface area contributed by atoms with Crippen molar-refractivity contribution >= 4 is 27.5 Å². The van der Waals surface area contributed by atoms with Gasteiger partial charge in [0, 0.05) is 15.9 Å². The van der Waals surface area contributed by atoms with E-state index in [1.807, 2.05) is 48.5 Å². The molecule has 2 aromatic rings. The van der Waals surface area contributed by atoms with E-state index in [-0.39, 0.29) is 0 Å². The molecule has 0 amide bonds. The molecule has 0 spiro atoms. The van der Waals surface area contributed by atoms with Gasteiger partial charge in [-0.1, -0.05) is 51.8 Å². The minimum Gasteiger partial charge on any atom is -0.457 e. The van der Waals surface area contributed by atoms with E-state index >= 15 is 0 Å².